The van der Waals surface area contributed by atoms with Gasteiger partial charge in [-0.15, -0.1) is 4.99 Å². The summed E-state index contributed by atoms with van der Waals surface area (Å²) in [5.74, 6) is 1.20. The van der Waals surface area contributed by atoms with Crippen molar-refractivity contribution < 1.29 is 4.79 Å². The summed E-state index contributed by atoms with van der Waals surface area (Å²) in [6.45, 7) is 6.11. The molecule has 5 nitrogen and oxygen atoms in total. The van der Waals surface area contributed by atoms with Crippen molar-refractivity contribution in [1.82, 2.24) is 15.0 Å². The molecule has 2 aromatic heterocycles. The first-order valence-corrected chi connectivity index (χ1v) is 6.27. The highest BCUT2D eigenvalue weighted by molar-refractivity contribution is 5.73. The smallest absolute Gasteiger partial charge is 0.242 e. The lowest BCUT2D eigenvalue weighted by atomic mass is 9.96. The summed E-state index contributed by atoms with van der Waals surface area (Å²) in [5, 5.41) is 0. The monoisotopic (exact) mass is 268 g/mol. The minimum atomic E-state index is -0.143. The third kappa shape index (κ3) is 3.28. The van der Waals surface area contributed by atoms with Gasteiger partial charge in [0.1, 0.15) is 11.5 Å². The van der Waals surface area contributed by atoms with E-state index in [9.17, 15) is 4.79 Å². The Morgan fingerprint density at radius 1 is 1.25 bits per heavy atom. The average molecular weight is 268 g/mol. The molecule has 2 heterocycles. The van der Waals surface area contributed by atoms with Crippen molar-refractivity contribution in [3.05, 3.63) is 41.6 Å². The van der Waals surface area contributed by atoms with Crippen LogP contribution < -0.4 is 0 Å². The minimum absolute atomic E-state index is 0.143. The van der Waals surface area contributed by atoms with Gasteiger partial charge in [0.15, 0.2) is 5.82 Å². The Hall–Kier alpha value is -2.52. The van der Waals surface area contributed by atoms with Crippen LogP contribution in [0.4, 0.5) is 5.82 Å². The lowest BCUT2D eigenvalue weighted by molar-refractivity contribution is 0.552. The van der Waals surface area contributed by atoms with Crippen molar-refractivity contribution in [2.45, 2.75) is 26.2 Å². The van der Waals surface area contributed by atoms with Gasteiger partial charge in [-0.05, 0) is 23.8 Å². The van der Waals surface area contributed by atoms with Crippen LogP contribution in [0.25, 0.3) is 12.2 Å². The predicted molar refractivity (Wildman–Crippen MR) is 78.2 cm³/mol. The highest BCUT2D eigenvalue weighted by Gasteiger charge is 2.19. The fourth-order valence-corrected chi connectivity index (χ4v) is 1.63. The molecule has 0 saturated carbocycles. The van der Waals surface area contributed by atoms with E-state index >= 15 is 0 Å². The summed E-state index contributed by atoms with van der Waals surface area (Å²) >= 11 is 0. The number of H-pyrrole nitrogens is 1. The molecule has 2 rings (SSSR count). The third-order valence-corrected chi connectivity index (χ3v) is 2.72. The summed E-state index contributed by atoms with van der Waals surface area (Å²) in [4.78, 5) is 25.7. The second kappa shape index (κ2) is 5.63. The zero-order valence-corrected chi connectivity index (χ0v) is 11.7. The van der Waals surface area contributed by atoms with E-state index in [0.717, 1.165) is 11.4 Å². The highest BCUT2D eigenvalue weighted by Crippen LogP contribution is 2.25. The molecular formula is C15H16N4O. The molecule has 0 aliphatic heterocycles. The minimum Gasteiger partial charge on any atom is -0.325 e. The van der Waals surface area contributed by atoms with Gasteiger partial charge in [-0.2, -0.15) is 0 Å². The maximum atomic E-state index is 10.5. The largest absolute Gasteiger partial charge is 0.325 e. The van der Waals surface area contributed by atoms with Crippen molar-refractivity contribution in [3.8, 4) is 0 Å². The van der Waals surface area contributed by atoms with E-state index in [2.05, 4.69) is 19.9 Å². The van der Waals surface area contributed by atoms with E-state index in [4.69, 9.17) is 0 Å². The van der Waals surface area contributed by atoms with Crippen LogP contribution in [0, 0.1) is 0 Å². The SMILES string of the molecule is CC(C)(C)c1nc(/C=C/c2ccncc2)c(N=C=O)[nH]1. The topological polar surface area (TPSA) is 71.0 Å². The number of isocyanates is 1. The van der Waals surface area contributed by atoms with E-state index in [1.54, 1.807) is 18.5 Å². The summed E-state index contributed by atoms with van der Waals surface area (Å²) in [5.41, 5.74) is 1.48. The Kier molecular flexibility index (Phi) is 3.91. The Balaban J connectivity index is 2.38. The third-order valence-electron chi connectivity index (χ3n) is 2.72. The second-order valence-electron chi connectivity index (χ2n) is 5.39. The van der Waals surface area contributed by atoms with Crippen LogP contribution in [0.15, 0.2) is 29.5 Å². The van der Waals surface area contributed by atoms with Gasteiger partial charge < -0.3 is 4.98 Å². The molecule has 20 heavy (non-hydrogen) atoms. The van der Waals surface area contributed by atoms with Gasteiger partial charge in [-0.1, -0.05) is 26.8 Å². The fourth-order valence-electron chi connectivity index (χ4n) is 1.63. The van der Waals surface area contributed by atoms with Crippen molar-refractivity contribution in [2.24, 2.45) is 4.99 Å². The van der Waals surface area contributed by atoms with Crippen molar-refractivity contribution in [2.75, 3.05) is 0 Å². The number of hydrogen-bond donors (Lipinski definition) is 1. The zero-order chi connectivity index (χ0) is 14.6. The lowest BCUT2D eigenvalue weighted by Gasteiger charge is -2.13. The molecule has 0 bridgehead atoms. The highest BCUT2D eigenvalue weighted by atomic mass is 16.1. The molecule has 0 aliphatic rings. The van der Waals surface area contributed by atoms with Gasteiger partial charge in [-0.3, -0.25) is 4.98 Å². The number of aromatic nitrogens is 3. The molecule has 1 N–H and O–H groups in total. The molecule has 0 radical (unpaired) electrons. The number of aliphatic imine (C=N–C) groups is 1. The number of nitrogens with zero attached hydrogens (tertiary/aromatic N) is 3. The molecule has 0 saturated heterocycles. The number of pyridine rings is 1. The molecule has 2 aromatic rings. The van der Waals surface area contributed by atoms with Crippen LogP contribution in [0.5, 0.6) is 0 Å². The van der Waals surface area contributed by atoms with Crippen molar-refractivity contribution in [3.63, 3.8) is 0 Å². The molecule has 0 spiro atoms. The summed E-state index contributed by atoms with van der Waals surface area (Å²) < 4.78 is 0. The van der Waals surface area contributed by atoms with Crippen molar-refractivity contribution in [1.29, 1.82) is 0 Å². The number of rotatable bonds is 3. The average Bonchev–Trinajstić information content (AvgIpc) is 2.81. The molecule has 5 heteroatoms. The van der Waals surface area contributed by atoms with Crippen LogP contribution in [-0.2, 0) is 10.2 Å². The first-order valence-electron chi connectivity index (χ1n) is 6.27. The zero-order valence-electron chi connectivity index (χ0n) is 11.7. The Bertz CT molecular complexity index is 659. The van der Waals surface area contributed by atoms with Gasteiger partial charge in [0.05, 0.1) is 0 Å². The number of aromatic amines is 1. The molecule has 0 aliphatic carbocycles. The molecule has 0 fully saturated rings. The van der Waals surface area contributed by atoms with E-state index in [1.165, 1.54) is 0 Å². The summed E-state index contributed by atoms with van der Waals surface area (Å²) in [7, 11) is 0. The number of carbonyl (C=O) groups excluding carboxylic acids is 1. The number of hydrogen-bond acceptors (Lipinski definition) is 4. The van der Waals surface area contributed by atoms with Crippen LogP contribution in [0.2, 0.25) is 0 Å². The first kappa shape index (κ1) is 13.9. The van der Waals surface area contributed by atoms with Gasteiger partial charge >= 0.3 is 0 Å². The molecular weight excluding hydrogens is 252 g/mol. The van der Waals surface area contributed by atoms with Gasteiger partial charge in [0.25, 0.3) is 0 Å². The second-order valence-corrected chi connectivity index (χ2v) is 5.39. The molecule has 0 aromatic carbocycles. The van der Waals surface area contributed by atoms with E-state index in [1.807, 2.05) is 45.1 Å². The molecule has 0 unspecified atom stereocenters. The van der Waals surface area contributed by atoms with E-state index in [0.29, 0.717) is 11.5 Å². The van der Waals surface area contributed by atoms with E-state index in [-0.39, 0.29) is 5.41 Å². The standard InChI is InChI=1S/C15H16N4O/c1-15(2,3)14-18-12(13(19-14)17-10-20)5-4-11-6-8-16-9-7-11/h4-9H,1-3H3,(H,18,19)/b5-4+. The normalized spacial score (nSPS) is 11.6. The summed E-state index contributed by atoms with van der Waals surface area (Å²) in [6.07, 6.45) is 8.70. The Morgan fingerprint density at radius 2 is 1.95 bits per heavy atom. The first-order chi connectivity index (χ1) is 9.50. The van der Waals surface area contributed by atoms with Crippen LogP contribution >= 0.6 is 0 Å². The van der Waals surface area contributed by atoms with E-state index < -0.39 is 0 Å². The van der Waals surface area contributed by atoms with Gasteiger partial charge in [-0.25, -0.2) is 9.78 Å². The number of nitrogens with one attached hydrogen (secondary N) is 1. The Morgan fingerprint density at radius 3 is 2.55 bits per heavy atom. The number of imidazole rings is 1. The Labute approximate surface area is 117 Å². The summed E-state index contributed by atoms with van der Waals surface area (Å²) in [6, 6.07) is 3.77. The van der Waals surface area contributed by atoms with Crippen LogP contribution in [0.1, 0.15) is 37.9 Å². The maximum Gasteiger partial charge on any atom is 0.242 e. The molecule has 0 amide bonds. The van der Waals surface area contributed by atoms with Crippen LogP contribution in [-0.4, -0.2) is 21.0 Å². The molecule has 0 atom stereocenters. The lowest BCUT2D eigenvalue weighted by Crippen LogP contribution is -2.13. The van der Waals surface area contributed by atoms with Crippen LogP contribution in [0.3, 0.4) is 0 Å². The van der Waals surface area contributed by atoms with Gasteiger partial charge in [0, 0.05) is 17.8 Å². The predicted octanol–water partition coefficient (Wildman–Crippen LogP) is 3.24. The molecule has 102 valence electrons. The maximum absolute atomic E-state index is 10.5. The quantitative estimate of drug-likeness (QED) is 0.686. The van der Waals surface area contributed by atoms with Crippen molar-refractivity contribution >= 4 is 24.0 Å². The van der Waals surface area contributed by atoms with Gasteiger partial charge in [0.2, 0.25) is 6.08 Å². The fraction of sp³-hybridized carbons (Fsp3) is 0.267.